The number of anilines is 1. The van der Waals surface area contributed by atoms with E-state index in [0.29, 0.717) is 18.8 Å². The summed E-state index contributed by atoms with van der Waals surface area (Å²) < 4.78 is 7.63. The summed E-state index contributed by atoms with van der Waals surface area (Å²) in [5, 5.41) is 4.57. The second-order valence-electron chi connectivity index (χ2n) is 5.84. The summed E-state index contributed by atoms with van der Waals surface area (Å²) in [4.78, 5) is 18.6. The zero-order chi connectivity index (χ0) is 17.1. The molecule has 0 spiro atoms. The molecule has 0 aliphatic carbocycles. The van der Waals surface area contributed by atoms with Crippen LogP contribution < -0.4 is 9.64 Å². The minimum Gasteiger partial charge on any atom is -0.487 e. The Balaban J connectivity index is 1.53. The summed E-state index contributed by atoms with van der Waals surface area (Å²) in [6.07, 6.45) is 2.50. The first-order valence-corrected chi connectivity index (χ1v) is 8.29. The molecule has 6 nitrogen and oxygen atoms in total. The molecule has 1 aromatic carbocycles. The number of carbonyl (C=O) groups is 1. The van der Waals surface area contributed by atoms with Gasteiger partial charge in [0.1, 0.15) is 29.6 Å². The molecule has 0 saturated heterocycles. The van der Waals surface area contributed by atoms with Crippen LogP contribution in [0.3, 0.4) is 0 Å². The van der Waals surface area contributed by atoms with Gasteiger partial charge >= 0.3 is 0 Å². The van der Waals surface area contributed by atoms with Crippen molar-refractivity contribution in [1.29, 1.82) is 0 Å². The van der Waals surface area contributed by atoms with E-state index < -0.39 is 0 Å². The molecule has 0 atom stereocenters. The largest absolute Gasteiger partial charge is 0.487 e. The van der Waals surface area contributed by atoms with Crippen LogP contribution in [-0.2, 0) is 13.2 Å². The molecule has 0 fully saturated rings. The average molecular weight is 334 g/mol. The van der Waals surface area contributed by atoms with E-state index in [-0.39, 0.29) is 5.91 Å². The lowest BCUT2D eigenvalue weighted by Gasteiger charge is -2.27. The number of aromatic nitrogens is 3. The van der Waals surface area contributed by atoms with Gasteiger partial charge in [0.25, 0.3) is 5.91 Å². The predicted molar refractivity (Wildman–Crippen MR) is 93.5 cm³/mol. The van der Waals surface area contributed by atoms with Crippen molar-refractivity contribution in [2.24, 2.45) is 0 Å². The SMILES string of the molecule is O=C(c1ccccn1)N1CCCn2nc(COc3ccccc3)cc21. The van der Waals surface area contributed by atoms with Crippen LogP contribution in [0.25, 0.3) is 0 Å². The number of carbonyl (C=O) groups excluding carboxylic acids is 1. The first-order chi connectivity index (χ1) is 12.3. The number of fused-ring (bicyclic) bond motifs is 1. The van der Waals surface area contributed by atoms with Gasteiger partial charge in [0.2, 0.25) is 0 Å². The third-order valence-electron chi connectivity index (χ3n) is 4.10. The second-order valence-corrected chi connectivity index (χ2v) is 5.84. The second kappa shape index (κ2) is 6.76. The summed E-state index contributed by atoms with van der Waals surface area (Å²) in [6.45, 7) is 1.84. The van der Waals surface area contributed by atoms with E-state index in [0.717, 1.165) is 30.2 Å². The Morgan fingerprint density at radius 1 is 1.08 bits per heavy atom. The molecule has 1 amide bonds. The molecule has 3 aromatic rings. The standard InChI is InChI=1S/C19H18N4O2/c24-19(17-9-4-5-10-20-17)22-11-6-12-23-18(22)13-15(21-23)14-25-16-7-2-1-3-8-16/h1-5,7-10,13H,6,11-12,14H2. The van der Waals surface area contributed by atoms with Gasteiger partial charge in [-0.2, -0.15) is 5.10 Å². The number of pyridine rings is 1. The van der Waals surface area contributed by atoms with E-state index in [4.69, 9.17) is 4.74 Å². The summed E-state index contributed by atoms with van der Waals surface area (Å²) in [7, 11) is 0. The molecular weight excluding hydrogens is 316 g/mol. The molecule has 2 aromatic heterocycles. The van der Waals surface area contributed by atoms with Crippen LogP contribution in [0.2, 0.25) is 0 Å². The quantitative estimate of drug-likeness (QED) is 0.736. The topological polar surface area (TPSA) is 60.2 Å². The summed E-state index contributed by atoms with van der Waals surface area (Å²) in [5.74, 6) is 1.50. The van der Waals surface area contributed by atoms with Gasteiger partial charge in [0.15, 0.2) is 0 Å². The fourth-order valence-electron chi connectivity index (χ4n) is 2.91. The van der Waals surface area contributed by atoms with Crippen molar-refractivity contribution >= 4 is 11.7 Å². The van der Waals surface area contributed by atoms with Crippen LogP contribution in [-0.4, -0.2) is 27.2 Å². The zero-order valence-corrected chi connectivity index (χ0v) is 13.7. The molecular formula is C19H18N4O2. The molecule has 4 rings (SSSR count). The highest BCUT2D eigenvalue weighted by Crippen LogP contribution is 2.24. The maximum Gasteiger partial charge on any atom is 0.278 e. The molecule has 0 saturated carbocycles. The van der Waals surface area contributed by atoms with Gasteiger partial charge in [-0.3, -0.25) is 14.7 Å². The number of rotatable bonds is 4. The number of aryl methyl sites for hydroxylation is 1. The van der Waals surface area contributed by atoms with Gasteiger partial charge < -0.3 is 4.74 Å². The summed E-state index contributed by atoms with van der Waals surface area (Å²) >= 11 is 0. The van der Waals surface area contributed by atoms with Crippen molar-refractivity contribution < 1.29 is 9.53 Å². The van der Waals surface area contributed by atoms with Gasteiger partial charge in [0.05, 0.1) is 0 Å². The minimum atomic E-state index is -0.100. The van der Waals surface area contributed by atoms with Gasteiger partial charge in [-0.1, -0.05) is 24.3 Å². The number of benzene rings is 1. The lowest BCUT2D eigenvalue weighted by Crippen LogP contribution is -2.37. The highest BCUT2D eigenvalue weighted by atomic mass is 16.5. The van der Waals surface area contributed by atoms with Gasteiger partial charge in [-0.05, 0) is 30.7 Å². The molecule has 1 aliphatic rings. The van der Waals surface area contributed by atoms with Crippen LogP contribution in [0, 0.1) is 0 Å². The first-order valence-electron chi connectivity index (χ1n) is 8.29. The summed E-state index contributed by atoms with van der Waals surface area (Å²) in [5.41, 5.74) is 1.25. The van der Waals surface area contributed by atoms with E-state index in [1.54, 1.807) is 23.2 Å². The third-order valence-corrected chi connectivity index (χ3v) is 4.10. The normalized spacial score (nSPS) is 13.4. The van der Waals surface area contributed by atoms with Crippen molar-refractivity contribution in [3.8, 4) is 5.75 Å². The van der Waals surface area contributed by atoms with E-state index in [9.17, 15) is 4.79 Å². The molecule has 1 aliphatic heterocycles. The van der Waals surface area contributed by atoms with E-state index >= 15 is 0 Å². The Bertz CT molecular complexity index is 862. The molecule has 6 heteroatoms. The molecule has 0 N–H and O–H groups in total. The van der Waals surface area contributed by atoms with Crippen molar-refractivity contribution in [3.63, 3.8) is 0 Å². The molecule has 126 valence electrons. The molecule has 0 radical (unpaired) electrons. The lowest BCUT2D eigenvalue weighted by atomic mass is 10.2. The maximum absolute atomic E-state index is 12.7. The Morgan fingerprint density at radius 2 is 1.92 bits per heavy atom. The van der Waals surface area contributed by atoms with Crippen molar-refractivity contribution in [3.05, 3.63) is 72.2 Å². The van der Waals surface area contributed by atoms with Gasteiger partial charge in [-0.15, -0.1) is 0 Å². The van der Waals surface area contributed by atoms with Crippen LogP contribution >= 0.6 is 0 Å². The fraction of sp³-hybridized carbons (Fsp3) is 0.211. The van der Waals surface area contributed by atoms with Crippen LogP contribution in [0.5, 0.6) is 5.75 Å². The van der Waals surface area contributed by atoms with Crippen molar-refractivity contribution in [2.45, 2.75) is 19.6 Å². The summed E-state index contributed by atoms with van der Waals surface area (Å²) in [6, 6.07) is 16.9. The maximum atomic E-state index is 12.7. The van der Waals surface area contributed by atoms with Crippen molar-refractivity contribution in [2.75, 3.05) is 11.4 Å². The average Bonchev–Trinajstić information content (AvgIpc) is 3.10. The molecule has 3 heterocycles. The fourth-order valence-corrected chi connectivity index (χ4v) is 2.91. The Hall–Kier alpha value is -3.15. The third kappa shape index (κ3) is 3.24. The van der Waals surface area contributed by atoms with Crippen LogP contribution in [0.15, 0.2) is 60.8 Å². The Kier molecular flexibility index (Phi) is 4.16. The van der Waals surface area contributed by atoms with Crippen LogP contribution in [0.1, 0.15) is 22.6 Å². The highest BCUT2D eigenvalue weighted by Gasteiger charge is 2.26. The predicted octanol–water partition coefficient (Wildman–Crippen LogP) is 2.91. The van der Waals surface area contributed by atoms with E-state index in [2.05, 4.69) is 10.1 Å². The van der Waals surface area contributed by atoms with Gasteiger partial charge in [-0.25, -0.2) is 4.68 Å². The van der Waals surface area contributed by atoms with Crippen molar-refractivity contribution in [1.82, 2.24) is 14.8 Å². The first kappa shape index (κ1) is 15.4. The van der Waals surface area contributed by atoms with E-state index in [1.165, 1.54) is 0 Å². The molecule has 25 heavy (non-hydrogen) atoms. The number of hydrogen-bond acceptors (Lipinski definition) is 4. The van der Waals surface area contributed by atoms with Crippen LogP contribution in [0.4, 0.5) is 5.82 Å². The lowest BCUT2D eigenvalue weighted by molar-refractivity contribution is 0.0976. The highest BCUT2D eigenvalue weighted by molar-refractivity contribution is 6.04. The Labute approximate surface area is 145 Å². The van der Waals surface area contributed by atoms with Gasteiger partial charge in [0, 0.05) is 25.4 Å². The number of nitrogens with zero attached hydrogens (tertiary/aromatic N) is 4. The Morgan fingerprint density at radius 3 is 2.72 bits per heavy atom. The number of para-hydroxylation sites is 1. The number of ether oxygens (including phenoxy) is 1. The monoisotopic (exact) mass is 334 g/mol. The minimum absolute atomic E-state index is 0.100. The number of hydrogen-bond donors (Lipinski definition) is 0. The zero-order valence-electron chi connectivity index (χ0n) is 13.7. The smallest absolute Gasteiger partial charge is 0.278 e. The molecule has 0 unspecified atom stereocenters. The molecule has 0 bridgehead atoms. The number of amides is 1. The van der Waals surface area contributed by atoms with E-state index in [1.807, 2.05) is 47.1 Å².